The maximum Gasteiger partial charge on any atom is 0.262 e. The zero-order valence-electron chi connectivity index (χ0n) is 15.5. The summed E-state index contributed by atoms with van der Waals surface area (Å²) in [7, 11) is 1.53. The quantitative estimate of drug-likeness (QED) is 0.568. The van der Waals surface area contributed by atoms with Crippen molar-refractivity contribution in [1.29, 1.82) is 5.26 Å². The average molecular weight is 385 g/mol. The molecular formula is C21H21ClN2O3. The molecule has 2 rings (SSSR count). The fourth-order valence-electron chi connectivity index (χ4n) is 2.32. The lowest BCUT2D eigenvalue weighted by molar-refractivity contribution is -0.117. The molecule has 0 saturated heterocycles. The van der Waals surface area contributed by atoms with Crippen molar-refractivity contribution < 1.29 is 14.3 Å². The molecule has 0 bridgehead atoms. The largest absolute Gasteiger partial charge is 0.493 e. The highest BCUT2D eigenvalue weighted by atomic mass is 35.5. The molecule has 0 saturated carbocycles. The summed E-state index contributed by atoms with van der Waals surface area (Å²) in [4.78, 5) is 12.0. The summed E-state index contributed by atoms with van der Waals surface area (Å²) in [6.07, 6.45) is 1.51. The maximum atomic E-state index is 12.0. The SMILES string of the molecule is COc1cc(/C=C(/C#N)C(=O)NC(C)C)ccc1OCc1ccccc1Cl. The average Bonchev–Trinajstić information content (AvgIpc) is 2.65. The van der Waals surface area contributed by atoms with E-state index in [9.17, 15) is 10.1 Å². The molecule has 0 fully saturated rings. The third-order valence-corrected chi connectivity index (χ3v) is 3.99. The number of rotatable bonds is 7. The molecule has 1 N–H and O–H groups in total. The Bertz CT molecular complexity index is 885. The molecule has 0 radical (unpaired) electrons. The van der Waals surface area contributed by atoms with Crippen molar-refractivity contribution >= 4 is 23.6 Å². The van der Waals surface area contributed by atoms with Gasteiger partial charge in [-0.15, -0.1) is 0 Å². The van der Waals surface area contributed by atoms with Crippen LogP contribution in [0.1, 0.15) is 25.0 Å². The van der Waals surface area contributed by atoms with Gasteiger partial charge in [-0.25, -0.2) is 0 Å². The van der Waals surface area contributed by atoms with Crippen LogP contribution in [0.4, 0.5) is 0 Å². The number of methoxy groups -OCH3 is 1. The van der Waals surface area contributed by atoms with Crippen molar-refractivity contribution in [3.63, 3.8) is 0 Å². The van der Waals surface area contributed by atoms with Gasteiger partial charge in [0.2, 0.25) is 0 Å². The Balaban J connectivity index is 2.20. The standard InChI is InChI=1S/C21H21ClN2O3/c1-14(2)24-21(25)17(12-23)10-15-8-9-19(20(11-15)26-3)27-13-16-6-4-5-7-18(16)22/h4-11,14H,13H2,1-3H3,(H,24,25)/b17-10-. The van der Waals surface area contributed by atoms with Gasteiger partial charge in [-0.05, 0) is 43.7 Å². The number of benzene rings is 2. The Labute approximate surface area is 164 Å². The van der Waals surface area contributed by atoms with E-state index >= 15 is 0 Å². The fourth-order valence-corrected chi connectivity index (χ4v) is 2.51. The zero-order chi connectivity index (χ0) is 19.8. The van der Waals surface area contributed by atoms with E-state index in [0.29, 0.717) is 28.7 Å². The number of amides is 1. The van der Waals surface area contributed by atoms with Crippen LogP contribution in [0.2, 0.25) is 5.02 Å². The van der Waals surface area contributed by atoms with Crippen molar-refractivity contribution in [3.05, 3.63) is 64.2 Å². The van der Waals surface area contributed by atoms with E-state index < -0.39 is 5.91 Å². The van der Waals surface area contributed by atoms with Crippen molar-refractivity contribution in [2.75, 3.05) is 7.11 Å². The molecule has 5 nitrogen and oxygen atoms in total. The second-order valence-corrected chi connectivity index (χ2v) is 6.50. The van der Waals surface area contributed by atoms with Crippen LogP contribution in [0.25, 0.3) is 6.08 Å². The molecule has 1 amide bonds. The van der Waals surface area contributed by atoms with Gasteiger partial charge in [0.15, 0.2) is 11.5 Å². The Kier molecular flexibility index (Phi) is 7.27. The number of nitrogens with one attached hydrogen (secondary N) is 1. The van der Waals surface area contributed by atoms with Gasteiger partial charge in [-0.3, -0.25) is 4.79 Å². The molecular weight excluding hydrogens is 364 g/mol. The highest BCUT2D eigenvalue weighted by Gasteiger charge is 2.12. The second kappa shape index (κ2) is 9.65. The first-order chi connectivity index (χ1) is 12.9. The van der Waals surface area contributed by atoms with Gasteiger partial charge in [-0.2, -0.15) is 5.26 Å². The van der Waals surface area contributed by atoms with E-state index in [2.05, 4.69) is 5.32 Å². The summed E-state index contributed by atoms with van der Waals surface area (Å²) in [5, 5.41) is 12.6. The Hall–Kier alpha value is -2.97. The number of carbonyl (C=O) groups excluding carboxylic acids is 1. The van der Waals surface area contributed by atoms with E-state index in [1.165, 1.54) is 13.2 Å². The third-order valence-electron chi connectivity index (χ3n) is 3.62. The summed E-state index contributed by atoms with van der Waals surface area (Å²) in [6, 6.07) is 14.5. The smallest absolute Gasteiger partial charge is 0.262 e. The summed E-state index contributed by atoms with van der Waals surface area (Å²) >= 11 is 6.14. The normalized spacial score (nSPS) is 11.0. The van der Waals surface area contributed by atoms with Gasteiger partial charge < -0.3 is 14.8 Å². The van der Waals surface area contributed by atoms with Crippen molar-refractivity contribution in [2.24, 2.45) is 0 Å². The number of hydrogen-bond donors (Lipinski definition) is 1. The number of hydrogen-bond acceptors (Lipinski definition) is 4. The molecule has 0 spiro atoms. The third kappa shape index (κ3) is 5.77. The summed E-state index contributed by atoms with van der Waals surface area (Å²) in [6.45, 7) is 3.97. The first kappa shape index (κ1) is 20.3. The van der Waals surface area contributed by atoms with Crippen LogP contribution in [-0.4, -0.2) is 19.1 Å². The highest BCUT2D eigenvalue weighted by Crippen LogP contribution is 2.30. The van der Waals surface area contributed by atoms with Crippen LogP contribution in [0.15, 0.2) is 48.0 Å². The van der Waals surface area contributed by atoms with E-state index in [4.69, 9.17) is 21.1 Å². The molecule has 0 aromatic heterocycles. The van der Waals surface area contributed by atoms with E-state index in [-0.39, 0.29) is 11.6 Å². The minimum Gasteiger partial charge on any atom is -0.493 e. The predicted octanol–water partition coefficient (Wildman–Crippen LogP) is 4.36. The second-order valence-electron chi connectivity index (χ2n) is 6.09. The molecule has 2 aromatic rings. The first-order valence-electron chi connectivity index (χ1n) is 8.41. The number of halogens is 1. The monoisotopic (exact) mass is 384 g/mol. The Morgan fingerprint density at radius 2 is 2.00 bits per heavy atom. The summed E-state index contributed by atoms with van der Waals surface area (Å²) in [5.74, 6) is 0.627. The zero-order valence-corrected chi connectivity index (χ0v) is 16.2. The van der Waals surface area contributed by atoms with Crippen LogP contribution in [0.5, 0.6) is 11.5 Å². The first-order valence-corrected chi connectivity index (χ1v) is 8.79. The lowest BCUT2D eigenvalue weighted by Gasteiger charge is -2.12. The van der Waals surface area contributed by atoms with Crippen LogP contribution >= 0.6 is 11.6 Å². The Morgan fingerprint density at radius 1 is 1.26 bits per heavy atom. The summed E-state index contributed by atoms with van der Waals surface area (Å²) in [5.41, 5.74) is 1.55. The van der Waals surface area contributed by atoms with Crippen LogP contribution in [0.3, 0.4) is 0 Å². The molecule has 6 heteroatoms. The van der Waals surface area contributed by atoms with Gasteiger partial charge >= 0.3 is 0 Å². The Morgan fingerprint density at radius 3 is 2.63 bits per heavy atom. The van der Waals surface area contributed by atoms with E-state index in [1.807, 2.05) is 38.1 Å². The minimum absolute atomic E-state index is 0.0236. The molecule has 0 atom stereocenters. The molecule has 0 aliphatic heterocycles. The number of nitrogens with zero attached hydrogens (tertiary/aromatic N) is 1. The number of carbonyl (C=O) groups is 1. The molecule has 0 aliphatic rings. The predicted molar refractivity (Wildman–Crippen MR) is 106 cm³/mol. The molecule has 0 unspecified atom stereocenters. The number of ether oxygens (including phenoxy) is 2. The van der Waals surface area contributed by atoms with Gasteiger partial charge in [0.1, 0.15) is 18.2 Å². The molecule has 27 heavy (non-hydrogen) atoms. The molecule has 2 aromatic carbocycles. The van der Waals surface area contributed by atoms with Crippen LogP contribution in [-0.2, 0) is 11.4 Å². The van der Waals surface area contributed by atoms with Gasteiger partial charge in [0.05, 0.1) is 7.11 Å². The van der Waals surface area contributed by atoms with Crippen LogP contribution < -0.4 is 14.8 Å². The number of nitriles is 1. The molecule has 140 valence electrons. The maximum absolute atomic E-state index is 12.0. The van der Waals surface area contributed by atoms with Crippen molar-refractivity contribution in [3.8, 4) is 17.6 Å². The highest BCUT2D eigenvalue weighted by molar-refractivity contribution is 6.31. The van der Waals surface area contributed by atoms with E-state index in [1.54, 1.807) is 24.3 Å². The molecule has 0 aliphatic carbocycles. The van der Waals surface area contributed by atoms with Gasteiger partial charge in [0.25, 0.3) is 5.91 Å². The molecule has 0 heterocycles. The fraction of sp³-hybridized carbons (Fsp3) is 0.238. The summed E-state index contributed by atoms with van der Waals surface area (Å²) < 4.78 is 11.2. The van der Waals surface area contributed by atoms with E-state index in [0.717, 1.165) is 5.56 Å². The van der Waals surface area contributed by atoms with Gasteiger partial charge in [0, 0.05) is 16.6 Å². The topological polar surface area (TPSA) is 71.3 Å². The lowest BCUT2D eigenvalue weighted by Crippen LogP contribution is -2.30. The van der Waals surface area contributed by atoms with Crippen molar-refractivity contribution in [2.45, 2.75) is 26.5 Å². The van der Waals surface area contributed by atoms with Gasteiger partial charge in [-0.1, -0.05) is 35.9 Å². The lowest BCUT2D eigenvalue weighted by atomic mass is 10.1. The van der Waals surface area contributed by atoms with Crippen molar-refractivity contribution in [1.82, 2.24) is 5.32 Å². The van der Waals surface area contributed by atoms with Crippen LogP contribution in [0, 0.1) is 11.3 Å². The minimum atomic E-state index is -0.412.